The number of hydrazine groups is 1. The Hall–Kier alpha value is -1.87. The summed E-state index contributed by atoms with van der Waals surface area (Å²) in [6, 6.07) is 1.34. The molecular formula is C11H12F3N3O3. The smallest absolute Gasteiger partial charge is 0.426 e. The van der Waals surface area contributed by atoms with Gasteiger partial charge in [-0.15, -0.1) is 0 Å². The standard InChI is InChI=1S/C11H12F3N3O3/c1-18-7-5(10(16-17-10)11(12,13)14)3-6-8(9(7)19-2)20-4-15-6/h3,15-17H,4H2,1-2H3. The van der Waals surface area contributed by atoms with E-state index in [0.29, 0.717) is 11.4 Å². The maximum absolute atomic E-state index is 13.2. The normalized spacial score (nSPS) is 18.9. The van der Waals surface area contributed by atoms with Crippen molar-refractivity contribution < 1.29 is 27.4 Å². The Morgan fingerprint density at radius 2 is 1.85 bits per heavy atom. The number of alkyl halides is 3. The highest BCUT2D eigenvalue weighted by atomic mass is 19.4. The van der Waals surface area contributed by atoms with Gasteiger partial charge in [0, 0.05) is 5.56 Å². The fraction of sp³-hybridized carbons (Fsp3) is 0.455. The van der Waals surface area contributed by atoms with Gasteiger partial charge in [0.25, 0.3) is 0 Å². The third kappa shape index (κ3) is 1.59. The predicted octanol–water partition coefficient (Wildman–Crippen LogP) is 1.29. The van der Waals surface area contributed by atoms with E-state index in [1.165, 1.54) is 20.3 Å². The highest BCUT2D eigenvalue weighted by molar-refractivity contribution is 5.74. The van der Waals surface area contributed by atoms with Gasteiger partial charge in [-0.3, -0.25) is 0 Å². The summed E-state index contributed by atoms with van der Waals surface area (Å²) in [5.41, 5.74) is 2.27. The molecule has 20 heavy (non-hydrogen) atoms. The number of rotatable bonds is 3. The zero-order valence-electron chi connectivity index (χ0n) is 10.6. The third-order valence-electron chi connectivity index (χ3n) is 3.28. The lowest BCUT2D eigenvalue weighted by molar-refractivity contribution is -0.165. The zero-order valence-corrected chi connectivity index (χ0v) is 10.6. The summed E-state index contributed by atoms with van der Waals surface area (Å²) >= 11 is 0. The van der Waals surface area contributed by atoms with Crippen LogP contribution in [0.3, 0.4) is 0 Å². The van der Waals surface area contributed by atoms with Gasteiger partial charge in [-0.2, -0.15) is 13.2 Å². The van der Waals surface area contributed by atoms with Gasteiger partial charge in [0.05, 0.1) is 19.9 Å². The van der Waals surface area contributed by atoms with Crippen molar-refractivity contribution in [1.82, 2.24) is 10.9 Å². The van der Waals surface area contributed by atoms with Crippen molar-refractivity contribution >= 4 is 5.69 Å². The van der Waals surface area contributed by atoms with Crippen LogP contribution < -0.4 is 30.4 Å². The van der Waals surface area contributed by atoms with E-state index in [1.54, 1.807) is 0 Å². The van der Waals surface area contributed by atoms with Gasteiger partial charge in [-0.25, -0.2) is 10.9 Å². The van der Waals surface area contributed by atoms with Crippen molar-refractivity contribution in [3.8, 4) is 17.2 Å². The molecule has 1 fully saturated rings. The largest absolute Gasteiger partial charge is 0.492 e. The van der Waals surface area contributed by atoms with E-state index >= 15 is 0 Å². The van der Waals surface area contributed by atoms with Crippen LogP contribution in [0.4, 0.5) is 18.9 Å². The van der Waals surface area contributed by atoms with Gasteiger partial charge < -0.3 is 19.5 Å². The number of ether oxygens (including phenoxy) is 3. The average Bonchev–Trinajstić information content (AvgIpc) is 3.09. The van der Waals surface area contributed by atoms with E-state index in [4.69, 9.17) is 14.2 Å². The lowest BCUT2D eigenvalue weighted by atomic mass is 10.00. The second-order valence-electron chi connectivity index (χ2n) is 4.33. The van der Waals surface area contributed by atoms with E-state index < -0.39 is 11.8 Å². The van der Waals surface area contributed by atoms with Gasteiger partial charge in [-0.05, 0) is 6.07 Å². The first-order valence-corrected chi connectivity index (χ1v) is 5.72. The molecule has 0 radical (unpaired) electrons. The number of hydrogen-bond donors (Lipinski definition) is 3. The molecule has 0 aliphatic carbocycles. The van der Waals surface area contributed by atoms with Crippen LogP contribution in [-0.2, 0) is 5.66 Å². The lowest BCUT2D eigenvalue weighted by Gasteiger charge is -2.21. The number of benzene rings is 1. The van der Waals surface area contributed by atoms with E-state index in [0.717, 1.165) is 0 Å². The summed E-state index contributed by atoms with van der Waals surface area (Å²) in [4.78, 5) is 0. The summed E-state index contributed by atoms with van der Waals surface area (Å²) in [5.74, 6) is 0.444. The molecule has 0 atom stereocenters. The number of anilines is 1. The van der Waals surface area contributed by atoms with Gasteiger partial charge in [0.15, 0.2) is 18.2 Å². The Kier molecular flexibility index (Phi) is 2.67. The zero-order chi connectivity index (χ0) is 14.5. The minimum absolute atomic E-state index is 0.0234. The van der Waals surface area contributed by atoms with Gasteiger partial charge in [0.2, 0.25) is 11.4 Å². The highest BCUT2D eigenvalue weighted by Gasteiger charge is 2.67. The molecule has 0 spiro atoms. The molecule has 2 aliphatic rings. The Morgan fingerprint density at radius 1 is 1.20 bits per heavy atom. The van der Waals surface area contributed by atoms with Gasteiger partial charge in [0.1, 0.15) is 0 Å². The molecule has 9 heteroatoms. The van der Waals surface area contributed by atoms with Crippen LogP contribution in [0.25, 0.3) is 0 Å². The molecule has 0 unspecified atom stereocenters. The molecule has 2 aliphatic heterocycles. The van der Waals surface area contributed by atoms with E-state index in [1.807, 2.05) is 0 Å². The van der Waals surface area contributed by atoms with Crippen LogP contribution in [-0.4, -0.2) is 27.1 Å². The van der Waals surface area contributed by atoms with E-state index in [-0.39, 0.29) is 23.8 Å². The molecule has 0 amide bonds. The summed E-state index contributed by atoms with van der Waals surface area (Å²) in [6.45, 7) is 0.165. The van der Waals surface area contributed by atoms with Crippen molar-refractivity contribution in [2.45, 2.75) is 11.8 Å². The van der Waals surface area contributed by atoms with Crippen LogP contribution in [0.15, 0.2) is 6.07 Å². The second-order valence-corrected chi connectivity index (χ2v) is 4.33. The molecular weight excluding hydrogens is 279 g/mol. The number of halogens is 3. The van der Waals surface area contributed by atoms with Crippen LogP contribution in [0.1, 0.15) is 5.56 Å². The number of methoxy groups -OCH3 is 2. The first kappa shape index (κ1) is 13.1. The SMILES string of the molecule is COc1c(C2(C(F)(F)F)NN2)cc2c(c1OC)OCN2. The average molecular weight is 291 g/mol. The fourth-order valence-electron chi connectivity index (χ4n) is 2.24. The van der Waals surface area contributed by atoms with E-state index in [2.05, 4.69) is 16.2 Å². The monoisotopic (exact) mass is 291 g/mol. The second kappa shape index (κ2) is 4.06. The summed E-state index contributed by atoms with van der Waals surface area (Å²) in [5, 5.41) is 2.84. The first-order valence-electron chi connectivity index (χ1n) is 5.72. The highest BCUT2D eigenvalue weighted by Crippen LogP contribution is 2.54. The molecule has 0 saturated carbocycles. The molecule has 1 aromatic rings. The topological polar surface area (TPSA) is 83.6 Å². The van der Waals surface area contributed by atoms with Crippen LogP contribution >= 0.6 is 0 Å². The molecule has 1 saturated heterocycles. The predicted molar refractivity (Wildman–Crippen MR) is 62.7 cm³/mol. The van der Waals surface area contributed by atoms with Crippen molar-refractivity contribution in [2.75, 3.05) is 26.3 Å². The van der Waals surface area contributed by atoms with Gasteiger partial charge >= 0.3 is 6.18 Å². The molecule has 110 valence electrons. The molecule has 6 nitrogen and oxygen atoms in total. The third-order valence-corrected chi connectivity index (χ3v) is 3.28. The molecule has 3 N–H and O–H groups in total. The minimum Gasteiger partial charge on any atom is -0.492 e. The molecule has 0 aromatic heterocycles. The number of hydrogen-bond acceptors (Lipinski definition) is 6. The van der Waals surface area contributed by atoms with E-state index in [9.17, 15) is 13.2 Å². The van der Waals surface area contributed by atoms with Crippen LogP contribution in [0.5, 0.6) is 17.2 Å². The molecule has 2 heterocycles. The number of nitrogens with one attached hydrogen (secondary N) is 3. The van der Waals surface area contributed by atoms with Crippen molar-refractivity contribution in [3.05, 3.63) is 11.6 Å². The Bertz CT molecular complexity index is 558. The minimum atomic E-state index is -4.53. The Labute approximate surface area is 112 Å². The van der Waals surface area contributed by atoms with Gasteiger partial charge in [-0.1, -0.05) is 0 Å². The quantitative estimate of drug-likeness (QED) is 0.728. The molecule has 1 aromatic carbocycles. The fourth-order valence-corrected chi connectivity index (χ4v) is 2.24. The molecule has 0 bridgehead atoms. The van der Waals surface area contributed by atoms with Crippen molar-refractivity contribution in [2.24, 2.45) is 0 Å². The summed E-state index contributed by atoms with van der Waals surface area (Å²) in [6.07, 6.45) is -4.53. The maximum atomic E-state index is 13.2. The van der Waals surface area contributed by atoms with Crippen LogP contribution in [0, 0.1) is 0 Å². The Morgan fingerprint density at radius 3 is 2.35 bits per heavy atom. The van der Waals surface area contributed by atoms with Crippen LogP contribution in [0.2, 0.25) is 0 Å². The van der Waals surface area contributed by atoms with Crippen molar-refractivity contribution in [3.63, 3.8) is 0 Å². The maximum Gasteiger partial charge on any atom is 0.426 e. The molecule has 3 rings (SSSR count). The Balaban J connectivity index is 2.22. The number of fused-ring (bicyclic) bond motifs is 1. The first-order chi connectivity index (χ1) is 9.44. The summed E-state index contributed by atoms with van der Waals surface area (Å²) < 4.78 is 55.2. The summed E-state index contributed by atoms with van der Waals surface area (Å²) in [7, 11) is 2.63. The lowest BCUT2D eigenvalue weighted by Crippen LogP contribution is -2.35. The van der Waals surface area contributed by atoms with Crippen molar-refractivity contribution in [1.29, 1.82) is 0 Å².